The fraction of sp³-hybridized carbons (Fsp3) is 0.130. The van der Waals surface area contributed by atoms with E-state index in [-0.39, 0.29) is 17.2 Å². The zero-order chi connectivity index (χ0) is 21.1. The summed E-state index contributed by atoms with van der Waals surface area (Å²) in [7, 11) is 1.62. The molecule has 1 aliphatic heterocycles. The zero-order valence-corrected chi connectivity index (χ0v) is 18.6. The third kappa shape index (κ3) is 4.37. The van der Waals surface area contributed by atoms with E-state index in [1.165, 1.54) is 0 Å². The number of rotatable bonds is 5. The second-order valence-corrected chi connectivity index (χ2v) is 8.70. The van der Waals surface area contributed by atoms with Gasteiger partial charge in [0, 0.05) is 21.4 Å². The summed E-state index contributed by atoms with van der Waals surface area (Å²) in [6.45, 7) is 0. The largest absolute Gasteiger partial charge is 0.497 e. The Morgan fingerprint density at radius 2 is 1.83 bits per heavy atom. The lowest BCUT2D eigenvalue weighted by atomic mass is 10.1. The normalized spacial score (nSPS) is 15.9. The van der Waals surface area contributed by atoms with E-state index in [4.69, 9.17) is 4.74 Å². The van der Waals surface area contributed by atoms with E-state index in [2.05, 4.69) is 21.2 Å². The average molecular weight is 483 g/mol. The molecule has 0 saturated carbocycles. The molecule has 2 amide bonds. The van der Waals surface area contributed by atoms with Crippen LogP contribution in [0, 0.1) is 0 Å². The van der Waals surface area contributed by atoms with Crippen LogP contribution in [0.25, 0.3) is 0 Å². The predicted molar refractivity (Wildman–Crippen MR) is 124 cm³/mol. The minimum absolute atomic E-state index is 0.0715. The molecule has 1 saturated heterocycles. The molecule has 0 bridgehead atoms. The Morgan fingerprint density at radius 3 is 2.50 bits per heavy atom. The van der Waals surface area contributed by atoms with Crippen LogP contribution in [0.2, 0.25) is 0 Å². The Morgan fingerprint density at radius 1 is 1.10 bits per heavy atom. The minimum Gasteiger partial charge on any atom is -0.497 e. The van der Waals surface area contributed by atoms with Crippen molar-refractivity contribution >= 4 is 50.9 Å². The molecule has 0 radical (unpaired) electrons. The van der Waals surface area contributed by atoms with Crippen molar-refractivity contribution in [3.63, 3.8) is 0 Å². The van der Waals surface area contributed by atoms with E-state index in [9.17, 15) is 9.59 Å². The van der Waals surface area contributed by atoms with Gasteiger partial charge in [0.2, 0.25) is 5.91 Å². The average Bonchev–Trinajstić information content (AvgIpc) is 3.15. The molecule has 1 atom stereocenters. The second kappa shape index (κ2) is 8.93. The predicted octanol–water partition coefficient (Wildman–Crippen LogP) is 5.49. The van der Waals surface area contributed by atoms with Crippen LogP contribution in [0.3, 0.4) is 0 Å². The summed E-state index contributed by atoms with van der Waals surface area (Å²) >= 11 is 4.97. The molecule has 1 heterocycles. The quantitative estimate of drug-likeness (QED) is 0.522. The Balaban J connectivity index is 1.51. The van der Waals surface area contributed by atoms with Crippen LogP contribution in [-0.4, -0.2) is 24.7 Å². The third-order valence-electron chi connectivity index (χ3n) is 4.76. The number of ether oxygens (including phenoxy) is 1. The smallest absolute Gasteiger partial charge is 0.255 e. The van der Waals surface area contributed by atoms with Crippen molar-refractivity contribution in [2.24, 2.45) is 0 Å². The molecule has 1 N–H and O–H groups in total. The monoisotopic (exact) mass is 482 g/mol. The lowest BCUT2D eigenvalue weighted by molar-refractivity contribution is -0.115. The number of carbonyl (C=O) groups is 2. The van der Waals surface area contributed by atoms with Gasteiger partial charge in [-0.15, -0.1) is 11.8 Å². The first-order valence-corrected chi connectivity index (χ1v) is 11.1. The van der Waals surface area contributed by atoms with Crippen molar-refractivity contribution in [2.75, 3.05) is 23.1 Å². The minimum atomic E-state index is -0.172. The van der Waals surface area contributed by atoms with Gasteiger partial charge in [0.1, 0.15) is 11.1 Å². The summed E-state index contributed by atoms with van der Waals surface area (Å²) in [5.74, 6) is 1.08. The molecule has 1 fully saturated rings. The number of halogens is 1. The summed E-state index contributed by atoms with van der Waals surface area (Å²) in [6.07, 6.45) is 0. The highest BCUT2D eigenvalue weighted by Crippen LogP contribution is 2.42. The third-order valence-corrected chi connectivity index (χ3v) is 6.46. The van der Waals surface area contributed by atoms with Crippen LogP contribution in [0.15, 0.2) is 77.3 Å². The number of nitrogens with zero attached hydrogens (tertiary/aromatic N) is 1. The lowest BCUT2D eigenvalue weighted by Gasteiger charge is -2.24. The molecular weight excluding hydrogens is 464 g/mol. The standard InChI is InChI=1S/C23H19BrN2O3S/c1-29-20-11-9-19(10-12-20)26-21(27)14-30-23(26)15-5-7-18(8-6-15)25-22(28)16-3-2-4-17(24)13-16/h2-13,23H,14H2,1H3,(H,25,28). The van der Waals surface area contributed by atoms with Gasteiger partial charge in [-0.1, -0.05) is 34.1 Å². The van der Waals surface area contributed by atoms with Gasteiger partial charge in [0.25, 0.3) is 5.91 Å². The molecule has 30 heavy (non-hydrogen) atoms. The number of thioether (sulfide) groups is 1. The number of amides is 2. The van der Waals surface area contributed by atoms with E-state index in [0.717, 1.165) is 21.5 Å². The topological polar surface area (TPSA) is 58.6 Å². The van der Waals surface area contributed by atoms with Crippen molar-refractivity contribution in [1.82, 2.24) is 0 Å². The van der Waals surface area contributed by atoms with Gasteiger partial charge in [-0.25, -0.2) is 0 Å². The first-order valence-electron chi connectivity index (χ1n) is 9.30. The Hall–Kier alpha value is -2.77. The number of hydrogen-bond acceptors (Lipinski definition) is 4. The molecule has 3 aromatic carbocycles. The Labute approximate surface area is 187 Å². The fourth-order valence-corrected chi connectivity index (χ4v) is 4.83. The Bertz CT molecular complexity index is 1070. The summed E-state index contributed by atoms with van der Waals surface area (Å²) < 4.78 is 6.06. The van der Waals surface area contributed by atoms with Crippen LogP contribution in [-0.2, 0) is 4.79 Å². The van der Waals surface area contributed by atoms with Gasteiger partial charge in [-0.05, 0) is 60.2 Å². The maximum absolute atomic E-state index is 12.5. The van der Waals surface area contributed by atoms with E-state index in [1.54, 1.807) is 35.9 Å². The molecule has 0 aromatic heterocycles. The van der Waals surface area contributed by atoms with E-state index < -0.39 is 0 Å². The van der Waals surface area contributed by atoms with E-state index in [1.807, 2.05) is 60.7 Å². The van der Waals surface area contributed by atoms with Crippen LogP contribution >= 0.6 is 27.7 Å². The summed E-state index contributed by atoms with van der Waals surface area (Å²) in [6, 6.07) is 22.3. The highest BCUT2D eigenvalue weighted by atomic mass is 79.9. The van der Waals surface area contributed by atoms with Crippen LogP contribution in [0.5, 0.6) is 5.75 Å². The number of methoxy groups -OCH3 is 1. The highest BCUT2D eigenvalue weighted by Gasteiger charge is 2.34. The number of nitrogens with one attached hydrogen (secondary N) is 1. The van der Waals surface area contributed by atoms with Crippen molar-refractivity contribution in [3.8, 4) is 5.75 Å². The van der Waals surface area contributed by atoms with Crippen LogP contribution < -0.4 is 15.0 Å². The molecule has 7 heteroatoms. The van der Waals surface area contributed by atoms with Crippen molar-refractivity contribution in [1.29, 1.82) is 0 Å². The maximum Gasteiger partial charge on any atom is 0.255 e. The molecule has 5 nitrogen and oxygen atoms in total. The summed E-state index contributed by atoms with van der Waals surface area (Å²) in [5, 5.41) is 2.80. The maximum atomic E-state index is 12.5. The molecule has 1 aliphatic rings. The summed E-state index contributed by atoms with van der Waals surface area (Å²) in [5.41, 5.74) is 3.12. The van der Waals surface area contributed by atoms with Gasteiger partial charge in [0.05, 0.1) is 12.9 Å². The number of hydrogen-bond donors (Lipinski definition) is 1. The van der Waals surface area contributed by atoms with Crippen LogP contribution in [0.1, 0.15) is 21.3 Å². The molecule has 0 aliphatic carbocycles. The van der Waals surface area contributed by atoms with Crippen molar-refractivity contribution < 1.29 is 14.3 Å². The summed E-state index contributed by atoms with van der Waals surface area (Å²) in [4.78, 5) is 26.8. The second-order valence-electron chi connectivity index (χ2n) is 6.71. The van der Waals surface area contributed by atoms with Crippen molar-refractivity contribution in [3.05, 3.63) is 88.4 Å². The van der Waals surface area contributed by atoms with Gasteiger partial charge in [-0.2, -0.15) is 0 Å². The Kier molecular flexibility index (Phi) is 6.11. The van der Waals surface area contributed by atoms with Gasteiger partial charge in [0.15, 0.2) is 0 Å². The van der Waals surface area contributed by atoms with Gasteiger partial charge < -0.3 is 10.1 Å². The number of anilines is 2. The van der Waals surface area contributed by atoms with Gasteiger partial charge in [-0.3, -0.25) is 14.5 Å². The molecule has 3 aromatic rings. The number of carbonyl (C=O) groups excluding carboxylic acids is 2. The fourth-order valence-electron chi connectivity index (χ4n) is 3.26. The molecular formula is C23H19BrN2O3S. The van der Waals surface area contributed by atoms with E-state index >= 15 is 0 Å². The molecule has 0 spiro atoms. The molecule has 1 unspecified atom stereocenters. The highest BCUT2D eigenvalue weighted by molar-refractivity contribution is 9.10. The van der Waals surface area contributed by atoms with E-state index in [0.29, 0.717) is 17.0 Å². The SMILES string of the molecule is COc1ccc(N2C(=O)CSC2c2ccc(NC(=O)c3cccc(Br)c3)cc2)cc1. The lowest BCUT2D eigenvalue weighted by Crippen LogP contribution is -2.27. The molecule has 152 valence electrons. The zero-order valence-electron chi connectivity index (χ0n) is 16.2. The molecule has 4 rings (SSSR count). The van der Waals surface area contributed by atoms with Crippen LogP contribution in [0.4, 0.5) is 11.4 Å². The first kappa shape index (κ1) is 20.5. The number of benzene rings is 3. The first-order chi connectivity index (χ1) is 14.5. The van der Waals surface area contributed by atoms with Gasteiger partial charge >= 0.3 is 0 Å². The van der Waals surface area contributed by atoms with Crippen molar-refractivity contribution in [2.45, 2.75) is 5.37 Å².